The van der Waals surface area contributed by atoms with Crippen LogP contribution in [0.4, 0.5) is 4.39 Å². The zero-order valence-corrected chi connectivity index (χ0v) is 11.8. The first kappa shape index (κ1) is 15.2. The van der Waals surface area contributed by atoms with Crippen LogP contribution in [0.15, 0.2) is 48.5 Å². The smallest absolute Gasteiger partial charge is 0.265 e. The summed E-state index contributed by atoms with van der Waals surface area (Å²) in [7, 11) is 1.95. The zero-order valence-electron chi connectivity index (χ0n) is 11.8. The number of nitrogens with one attached hydrogen (secondary N) is 1. The second-order valence-electron chi connectivity index (χ2n) is 4.98. The van der Waals surface area contributed by atoms with Crippen molar-refractivity contribution in [2.75, 3.05) is 7.05 Å². The maximum atomic E-state index is 13.2. The molecule has 0 bridgehead atoms. The first-order valence-corrected chi connectivity index (χ1v) is 6.61. The van der Waals surface area contributed by atoms with Crippen molar-refractivity contribution in [2.24, 2.45) is 5.84 Å². The van der Waals surface area contributed by atoms with Gasteiger partial charge in [0.15, 0.2) is 0 Å². The van der Waals surface area contributed by atoms with Crippen LogP contribution < -0.4 is 11.3 Å². The van der Waals surface area contributed by atoms with Crippen LogP contribution in [-0.2, 0) is 13.1 Å². The highest BCUT2D eigenvalue weighted by atomic mass is 19.1. The third-order valence-corrected chi connectivity index (χ3v) is 3.11. The Bertz CT molecular complexity index is 630. The van der Waals surface area contributed by atoms with Gasteiger partial charge in [0.1, 0.15) is 5.82 Å². The summed E-state index contributed by atoms with van der Waals surface area (Å²) in [6.07, 6.45) is 0. The van der Waals surface area contributed by atoms with Gasteiger partial charge >= 0.3 is 0 Å². The van der Waals surface area contributed by atoms with Crippen LogP contribution in [0.2, 0.25) is 0 Å². The van der Waals surface area contributed by atoms with Gasteiger partial charge in [0.25, 0.3) is 5.91 Å². The molecule has 4 nitrogen and oxygen atoms in total. The summed E-state index contributed by atoms with van der Waals surface area (Å²) < 4.78 is 13.2. The third kappa shape index (κ3) is 4.37. The number of nitrogens with two attached hydrogens (primary N) is 1. The molecule has 5 heteroatoms. The summed E-state index contributed by atoms with van der Waals surface area (Å²) in [4.78, 5) is 13.5. The van der Waals surface area contributed by atoms with Gasteiger partial charge in [-0.25, -0.2) is 10.2 Å². The number of halogens is 1. The summed E-state index contributed by atoms with van der Waals surface area (Å²) in [6.45, 7) is 1.28. The zero-order chi connectivity index (χ0) is 15.2. The van der Waals surface area contributed by atoms with E-state index in [-0.39, 0.29) is 11.7 Å². The predicted octanol–water partition coefficient (Wildman–Crippen LogP) is 2.06. The van der Waals surface area contributed by atoms with Crippen molar-refractivity contribution in [3.63, 3.8) is 0 Å². The molecule has 0 aromatic heterocycles. The summed E-state index contributed by atoms with van der Waals surface area (Å²) in [6, 6.07) is 13.8. The number of hydrazine groups is 1. The monoisotopic (exact) mass is 287 g/mol. The van der Waals surface area contributed by atoms with Crippen LogP contribution in [0.25, 0.3) is 0 Å². The van der Waals surface area contributed by atoms with Gasteiger partial charge in [-0.2, -0.15) is 0 Å². The van der Waals surface area contributed by atoms with Gasteiger partial charge in [0, 0.05) is 18.7 Å². The molecule has 0 heterocycles. The molecule has 0 aliphatic heterocycles. The Hall–Kier alpha value is -2.24. The van der Waals surface area contributed by atoms with Gasteiger partial charge in [-0.1, -0.05) is 24.3 Å². The van der Waals surface area contributed by atoms with E-state index in [1.54, 1.807) is 18.2 Å². The van der Waals surface area contributed by atoms with Gasteiger partial charge in [-0.3, -0.25) is 15.1 Å². The van der Waals surface area contributed by atoms with Gasteiger partial charge in [-0.15, -0.1) is 0 Å². The van der Waals surface area contributed by atoms with Crippen molar-refractivity contribution in [3.05, 3.63) is 71.0 Å². The molecule has 0 spiro atoms. The molecule has 0 saturated heterocycles. The SMILES string of the molecule is CN(Cc1cccc(F)c1)Cc1cccc(C(=O)NN)c1. The molecule has 110 valence electrons. The maximum absolute atomic E-state index is 13.2. The van der Waals surface area contributed by atoms with Crippen molar-refractivity contribution < 1.29 is 9.18 Å². The average Bonchev–Trinajstić information content (AvgIpc) is 2.46. The van der Waals surface area contributed by atoms with E-state index in [9.17, 15) is 9.18 Å². The molecule has 0 unspecified atom stereocenters. The van der Waals surface area contributed by atoms with Crippen molar-refractivity contribution in [1.82, 2.24) is 10.3 Å². The molecule has 1 amide bonds. The molecular weight excluding hydrogens is 269 g/mol. The van der Waals surface area contributed by atoms with E-state index < -0.39 is 0 Å². The summed E-state index contributed by atoms with van der Waals surface area (Å²) in [5.74, 6) is 4.58. The van der Waals surface area contributed by atoms with E-state index in [0.29, 0.717) is 18.7 Å². The fraction of sp³-hybridized carbons (Fsp3) is 0.188. The van der Waals surface area contributed by atoms with Crippen LogP contribution in [0.5, 0.6) is 0 Å². The summed E-state index contributed by atoms with van der Waals surface area (Å²) in [5, 5.41) is 0. The lowest BCUT2D eigenvalue weighted by Gasteiger charge is -2.17. The highest BCUT2D eigenvalue weighted by Gasteiger charge is 2.06. The molecule has 0 aliphatic rings. The van der Waals surface area contributed by atoms with E-state index in [2.05, 4.69) is 5.43 Å². The first-order chi connectivity index (χ1) is 10.1. The minimum absolute atomic E-state index is 0.234. The van der Waals surface area contributed by atoms with Crippen LogP contribution >= 0.6 is 0 Å². The quantitative estimate of drug-likeness (QED) is 0.503. The minimum atomic E-state index is -0.315. The van der Waals surface area contributed by atoms with Gasteiger partial charge in [0.2, 0.25) is 0 Å². The number of rotatable bonds is 5. The number of hydrogen-bond donors (Lipinski definition) is 2. The lowest BCUT2D eigenvalue weighted by molar-refractivity contribution is 0.0953. The van der Waals surface area contributed by atoms with E-state index in [1.165, 1.54) is 12.1 Å². The Kier molecular flexibility index (Phi) is 5.03. The minimum Gasteiger partial charge on any atom is -0.298 e. The van der Waals surface area contributed by atoms with Crippen molar-refractivity contribution in [1.29, 1.82) is 0 Å². The van der Waals surface area contributed by atoms with Gasteiger partial charge in [0.05, 0.1) is 0 Å². The Morgan fingerprint density at radius 1 is 1.14 bits per heavy atom. The molecule has 0 fully saturated rings. The largest absolute Gasteiger partial charge is 0.298 e. The van der Waals surface area contributed by atoms with Gasteiger partial charge in [-0.05, 0) is 42.4 Å². The highest BCUT2D eigenvalue weighted by molar-refractivity contribution is 5.93. The first-order valence-electron chi connectivity index (χ1n) is 6.61. The van der Waals surface area contributed by atoms with E-state index >= 15 is 0 Å². The number of nitrogens with zero attached hydrogens (tertiary/aromatic N) is 1. The molecule has 0 atom stereocenters. The summed E-state index contributed by atoms with van der Waals surface area (Å²) in [5.41, 5.74) is 4.54. The number of benzene rings is 2. The number of carbonyl (C=O) groups excluding carboxylic acids is 1. The Morgan fingerprint density at radius 3 is 2.38 bits per heavy atom. The number of hydrogen-bond acceptors (Lipinski definition) is 3. The molecule has 2 aromatic carbocycles. The highest BCUT2D eigenvalue weighted by Crippen LogP contribution is 2.11. The lowest BCUT2D eigenvalue weighted by atomic mass is 10.1. The van der Waals surface area contributed by atoms with E-state index in [0.717, 1.165) is 11.1 Å². The molecule has 0 aliphatic carbocycles. The molecule has 3 N–H and O–H groups in total. The molecular formula is C16H18FN3O. The van der Waals surface area contributed by atoms with E-state index in [1.807, 2.05) is 30.1 Å². The lowest BCUT2D eigenvalue weighted by Crippen LogP contribution is -2.30. The fourth-order valence-corrected chi connectivity index (χ4v) is 2.21. The summed E-state index contributed by atoms with van der Waals surface area (Å²) >= 11 is 0. The number of nitrogen functional groups attached to an aromatic ring is 1. The van der Waals surface area contributed by atoms with Crippen molar-refractivity contribution in [2.45, 2.75) is 13.1 Å². The van der Waals surface area contributed by atoms with Gasteiger partial charge < -0.3 is 0 Å². The predicted molar refractivity (Wildman–Crippen MR) is 79.7 cm³/mol. The Morgan fingerprint density at radius 2 is 1.76 bits per heavy atom. The standard InChI is InChI=1S/C16H18FN3O/c1-20(11-13-5-3-7-15(17)9-13)10-12-4-2-6-14(8-12)16(21)19-18/h2-9H,10-11,18H2,1H3,(H,19,21). The average molecular weight is 287 g/mol. The molecule has 2 rings (SSSR count). The van der Waals surface area contributed by atoms with E-state index in [4.69, 9.17) is 5.84 Å². The third-order valence-electron chi connectivity index (χ3n) is 3.11. The Labute approximate surface area is 123 Å². The number of amides is 1. The topological polar surface area (TPSA) is 58.4 Å². The second-order valence-corrected chi connectivity index (χ2v) is 4.98. The van der Waals surface area contributed by atoms with Crippen molar-refractivity contribution in [3.8, 4) is 0 Å². The van der Waals surface area contributed by atoms with Crippen LogP contribution in [0.3, 0.4) is 0 Å². The fourth-order valence-electron chi connectivity index (χ4n) is 2.21. The molecule has 21 heavy (non-hydrogen) atoms. The second kappa shape index (κ2) is 6.97. The van der Waals surface area contributed by atoms with Crippen LogP contribution in [-0.4, -0.2) is 17.9 Å². The Balaban J connectivity index is 2.02. The van der Waals surface area contributed by atoms with Crippen molar-refractivity contribution >= 4 is 5.91 Å². The molecule has 2 aromatic rings. The normalized spacial score (nSPS) is 10.7. The van der Waals surface area contributed by atoms with Crippen LogP contribution in [0, 0.1) is 5.82 Å². The maximum Gasteiger partial charge on any atom is 0.265 e. The molecule has 0 radical (unpaired) electrons. The van der Waals surface area contributed by atoms with Crippen LogP contribution in [0.1, 0.15) is 21.5 Å². The molecule has 0 saturated carbocycles. The number of carbonyl (C=O) groups is 1.